The van der Waals surface area contributed by atoms with Crippen LogP contribution in [0.5, 0.6) is 0 Å². The summed E-state index contributed by atoms with van der Waals surface area (Å²) in [5, 5.41) is 7.85. The third-order valence-electron chi connectivity index (χ3n) is 2.62. The molecule has 0 bridgehead atoms. The molecule has 110 valence electrons. The molecule has 2 aromatic heterocycles. The van der Waals surface area contributed by atoms with Gasteiger partial charge in [0.15, 0.2) is 0 Å². The van der Waals surface area contributed by atoms with Crippen molar-refractivity contribution in [3.05, 3.63) is 35.6 Å². The first kappa shape index (κ1) is 15.1. The van der Waals surface area contributed by atoms with E-state index in [9.17, 15) is 9.59 Å². The maximum absolute atomic E-state index is 11.7. The molecule has 0 aliphatic carbocycles. The van der Waals surface area contributed by atoms with Crippen LogP contribution in [0.1, 0.15) is 12.6 Å². The van der Waals surface area contributed by atoms with Crippen molar-refractivity contribution < 1.29 is 9.59 Å². The Morgan fingerprint density at radius 3 is 2.86 bits per heavy atom. The third-order valence-corrected chi connectivity index (χ3v) is 3.56. The van der Waals surface area contributed by atoms with Gasteiger partial charge in [-0.3, -0.25) is 14.6 Å². The van der Waals surface area contributed by atoms with Crippen LogP contribution in [0.3, 0.4) is 0 Å². The standard InChI is InChI=1S/C14H16N4O2S/c1-2-16-13(20)8-17-12(19)6-11-9-21-14(18-11)10-4-3-5-15-7-10/h3-5,7,9H,2,6,8H2,1H3,(H,16,20)(H,17,19). The highest BCUT2D eigenvalue weighted by molar-refractivity contribution is 7.13. The lowest BCUT2D eigenvalue weighted by Gasteiger charge is -2.03. The van der Waals surface area contributed by atoms with E-state index < -0.39 is 0 Å². The van der Waals surface area contributed by atoms with E-state index in [0.717, 1.165) is 10.6 Å². The highest BCUT2D eigenvalue weighted by Crippen LogP contribution is 2.22. The summed E-state index contributed by atoms with van der Waals surface area (Å²) in [6, 6.07) is 3.76. The molecule has 0 saturated carbocycles. The minimum Gasteiger partial charge on any atom is -0.355 e. The molecular weight excluding hydrogens is 288 g/mol. The number of nitrogens with zero attached hydrogens (tertiary/aromatic N) is 2. The van der Waals surface area contributed by atoms with Crippen LogP contribution in [0, 0.1) is 0 Å². The summed E-state index contributed by atoms with van der Waals surface area (Å²) >= 11 is 1.47. The maximum Gasteiger partial charge on any atom is 0.239 e. The second-order valence-electron chi connectivity index (χ2n) is 4.29. The zero-order valence-electron chi connectivity index (χ0n) is 11.6. The largest absolute Gasteiger partial charge is 0.355 e. The lowest BCUT2D eigenvalue weighted by molar-refractivity contribution is -0.125. The van der Waals surface area contributed by atoms with Crippen molar-refractivity contribution in [2.75, 3.05) is 13.1 Å². The fraction of sp³-hybridized carbons (Fsp3) is 0.286. The first-order chi connectivity index (χ1) is 10.2. The van der Waals surface area contributed by atoms with E-state index in [-0.39, 0.29) is 24.8 Å². The van der Waals surface area contributed by atoms with Crippen LogP contribution < -0.4 is 10.6 Å². The molecule has 2 rings (SSSR count). The van der Waals surface area contributed by atoms with Crippen LogP contribution in [0.15, 0.2) is 29.9 Å². The van der Waals surface area contributed by atoms with Gasteiger partial charge in [-0.15, -0.1) is 11.3 Å². The van der Waals surface area contributed by atoms with Crippen molar-refractivity contribution in [1.29, 1.82) is 0 Å². The molecular formula is C14H16N4O2S. The Labute approximate surface area is 126 Å². The number of nitrogens with one attached hydrogen (secondary N) is 2. The zero-order valence-corrected chi connectivity index (χ0v) is 12.4. The van der Waals surface area contributed by atoms with Gasteiger partial charge in [-0.05, 0) is 19.1 Å². The van der Waals surface area contributed by atoms with Crippen LogP contribution in [0.4, 0.5) is 0 Å². The van der Waals surface area contributed by atoms with Crippen molar-refractivity contribution in [2.45, 2.75) is 13.3 Å². The number of aromatic nitrogens is 2. The molecule has 0 aliphatic heterocycles. The molecule has 7 heteroatoms. The summed E-state index contributed by atoms with van der Waals surface area (Å²) < 4.78 is 0. The fourth-order valence-electron chi connectivity index (χ4n) is 1.68. The number of thiazole rings is 1. The summed E-state index contributed by atoms with van der Waals surface area (Å²) in [4.78, 5) is 31.4. The van der Waals surface area contributed by atoms with Gasteiger partial charge in [0.05, 0.1) is 18.7 Å². The van der Waals surface area contributed by atoms with Gasteiger partial charge >= 0.3 is 0 Å². The second-order valence-corrected chi connectivity index (χ2v) is 5.15. The molecule has 2 heterocycles. The topological polar surface area (TPSA) is 84.0 Å². The van der Waals surface area contributed by atoms with E-state index in [1.807, 2.05) is 24.4 Å². The number of hydrogen-bond donors (Lipinski definition) is 2. The van der Waals surface area contributed by atoms with Crippen molar-refractivity contribution in [1.82, 2.24) is 20.6 Å². The minimum atomic E-state index is -0.218. The highest BCUT2D eigenvalue weighted by atomic mass is 32.1. The van der Waals surface area contributed by atoms with Crippen LogP contribution in [0.2, 0.25) is 0 Å². The Balaban J connectivity index is 1.88. The van der Waals surface area contributed by atoms with Crippen molar-refractivity contribution >= 4 is 23.2 Å². The molecule has 0 radical (unpaired) electrons. The predicted octanol–water partition coefficient (Wildman–Crippen LogP) is 1.000. The van der Waals surface area contributed by atoms with Gasteiger partial charge in [0.1, 0.15) is 5.01 Å². The number of carbonyl (C=O) groups excluding carboxylic acids is 2. The van der Waals surface area contributed by atoms with Crippen LogP contribution >= 0.6 is 11.3 Å². The van der Waals surface area contributed by atoms with Crippen LogP contribution in [-0.4, -0.2) is 34.9 Å². The fourth-order valence-corrected chi connectivity index (χ4v) is 2.49. The summed E-state index contributed by atoms with van der Waals surface area (Å²) in [5.74, 6) is -0.413. The van der Waals surface area contributed by atoms with Gasteiger partial charge in [-0.1, -0.05) is 0 Å². The average molecular weight is 304 g/mol. The van der Waals surface area contributed by atoms with Crippen molar-refractivity contribution in [3.63, 3.8) is 0 Å². The Morgan fingerprint density at radius 1 is 1.29 bits per heavy atom. The Morgan fingerprint density at radius 2 is 2.14 bits per heavy atom. The number of amides is 2. The Bertz CT molecular complexity index is 612. The summed E-state index contributed by atoms with van der Waals surface area (Å²) in [5.41, 5.74) is 1.61. The number of carbonyl (C=O) groups is 2. The smallest absolute Gasteiger partial charge is 0.239 e. The second kappa shape index (κ2) is 7.49. The summed E-state index contributed by atoms with van der Waals surface area (Å²) in [6.07, 6.45) is 3.60. The number of rotatable bonds is 6. The SMILES string of the molecule is CCNC(=O)CNC(=O)Cc1csc(-c2cccnc2)n1. The average Bonchev–Trinajstić information content (AvgIpc) is 2.95. The van der Waals surface area contributed by atoms with Gasteiger partial charge < -0.3 is 10.6 Å². The number of likely N-dealkylation sites (N-methyl/N-ethyl adjacent to an activating group) is 1. The molecule has 0 aromatic carbocycles. The van der Waals surface area contributed by atoms with Gasteiger partial charge in [0.25, 0.3) is 0 Å². The minimum absolute atomic E-state index is 0.00767. The molecule has 2 aromatic rings. The van der Waals surface area contributed by atoms with E-state index in [4.69, 9.17) is 0 Å². The highest BCUT2D eigenvalue weighted by Gasteiger charge is 2.10. The van der Waals surface area contributed by atoms with Crippen molar-refractivity contribution in [2.24, 2.45) is 0 Å². The molecule has 2 amide bonds. The van der Waals surface area contributed by atoms with E-state index >= 15 is 0 Å². The normalized spacial score (nSPS) is 10.1. The molecule has 2 N–H and O–H groups in total. The van der Waals surface area contributed by atoms with E-state index in [1.165, 1.54) is 11.3 Å². The molecule has 0 fully saturated rings. The quantitative estimate of drug-likeness (QED) is 0.834. The van der Waals surface area contributed by atoms with Gasteiger partial charge in [0.2, 0.25) is 11.8 Å². The first-order valence-electron chi connectivity index (χ1n) is 6.57. The molecule has 0 spiro atoms. The van der Waals surface area contributed by atoms with E-state index in [0.29, 0.717) is 12.2 Å². The zero-order chi connectivity index (χ0) is 15.1. The van der Waals surface area contributed by atoms with Gasteiger partial charge in [0, 0.05) is 29.9 Å². The van der Waals surface area contributed by atoms with Crippen LogP contribution in [0.25, 0.3) is 10.6 Å². The maximum atomic E-state index is 11.7. The number of pyridine rings is 1. The van der Waals surface area contributed by atoms with E-state index in [2.05, 4.69) is 20.6 Å². The van der Waals surface area contributed by atoms with Gasteiger partial charge in [-0.25, -0.2) is 4.98 Å². The monoisotopic (exact) mass is 304 g/mol. The lowest BCUT2D eigenvalue weighted by atomic mass is 10.3. The molecule has 0 aliphatic rings. The third kappa shape index (κ3) is 4.64. The van der Waals surface area contributed by atoms with E-state index in [1.54, 1.807) is 12.4 Å². The summed E-state index contributed by atoms with van der Waals surface area (Å²) in [6.45, 7) is 2.37. The predicted molar refractivity (Wildman–Crippen MR) is 80.7 cm³/mol. The van der Waals surface area contributed by atoms with Crippen LogP contribution in [-0.2, 0) is 16.0 Å². The molecule has 0 saturated heterocycles. The molecule has 6 nitrogen and oxygen atoms in total. The van der Waals surface area contributed by atoms with Gasteiger partial charge in [-0.2, -0.15) is 0 Å². The van der Waals surface area contributed by atoms with Crippen molar-refractivity contribution in [3.8, 4) is 10.6 Å². The Hall–Kier alpha value is -2.28. The number of hydrogen-bond acceptors (Lipinski definition) is 5. The molecule has 0 unspecified atom stereocenters. The Kier molecular flexibility index (Phi) is 5.39. The summed E-state index contributed by atoms with van der Waals surface area (Å²) in [7, 11) is 0. The lowest BCUT2D eigenvalue weighted by Crippen LogP contribution is -2.37. The molecule has 0 atom stereocenters. The first-order valence-corrected chi connectivity index (χ1v) is 7.45. The molecule has 21 heavy (non-hydrogen) atoms.